The van der Waals surface area contributed by atoms with Crippen molar-refractivity contribution in [3.05, 3.63) is 36.4 Å². The maximum absolute atomic E-state index is 5.81. The first-order valence-electron chi connectivity index (χ1n) is 8.73. The number of ether oxygens (including phenoxy) is 1. The van der Waals surface area contributed by atoms with Gasteiger partial charge in [-0.15, -0.1) is 0 Å². The lowest BCUT2D eigenvalue weighted by atomic mass is 10.1. The van der Waals surface area contributed by atoms with E-state index in [-0.39, 0.29) is 0 Å². The lowest BCUT2D eigenvalue weighted by Crippen LogP contribution is -2.40. The van der Waals surface area contributed by atoms with E-state index in [0.717, 1.165) is 24.3 Å². The summed E-state index contributed by atoms with van der Waals surface area (Å²) in [6.07, 6.45) is 6.58. The molecule has 2 atom stereocenters. The molecule has 0 saturated carbocycles. The van der Waals surface area contributed by atoms with Gasteiger partial charge in [-0.05, 0) is 63.8 Å². The molecular formula is C20H33NO. The molecule has 0 spiro atoms. The van der Waals surface area contributed by atoms with Crippen molar-refractivity contribution in [1.29, 1.82) is 0 Å². The van der Waals surface area contributed by atoms with Crippen LogP contribution in [0.1, 0.15) is 58.9 Å². The SMILES string of the molecule is C=Cc1ccc(OCCCCN(C(C)CC)C(C)CC)cc1. The second-order valence-corrected chi connectivity index (χ2v) is 6.08. The van der Waals surface area contributed by atoms with Crippen molar-refractivity contribution in [2.75, 3.05) is 13.2 Å². The number of benzene rings is 1. The van der Waals surface area contributed by atoms with Crippen molar-refractivity contribution in [3.8, 4) is 5.75 Å². The van der Waals surface area contributed by atoms with Gasteiger partial charge in [0.2, 0.25) is 0 Å². The van der Waals surface area contributed by atoms with Gasteiger partial charge >= 0.3 is 0 Å². The zero-order valence-corrected chi connectivity index (χ0v) is 14.8. The molecule has 0 aromatic heterocycles. The smallest absolute Gasteiger partial charge is 0.119 e. The van der Waals surface area contributed by atoms with Gasteiger partial charge in [-0.2, -0.15) is 0 Å². The number of hydrogen-bond donors (Lipinski definition) is 0. The summed E-state index contributed by atoms with van der Waals surface area (Å²) in [5.74, 6) is 0.950. The van der Waals surface area contributed by atoms with Gasteiger partial charge in [0, 0.05) is 12.1 Å². The zero-order valence-electron chi connectivity index (χ0n) is 14.8. The standard InChI is InChI=1S/C20H33NO/c1-6-17(4)21(18(5)7-2)15-9-10-16-22-20-13-11-19(8-3)12-14-20/h8,11-14,17-18H,3,6-7,9-10,15-16H2,1-2,4-5H3. The first kappa shape index (κ1) is 18.8. The highest BCUT2D eigenvalue weighted by Crippen LogP contribution is 2.15. The first-order valence-corrected chi connectivity index (χ1v) is 8.73. The van der Waals surface area contributed by atoms with Crippen LogP contribution in [-0.4, -0.2) is 30.1 Å². The van der Waals surface area contributed by atoms with Crippen LogP contribution in [0.15, 0.2) is 30.8 Å². The minimum Gasteiger partial charge on any atom is -0.494 e. The molecular weight excluding hydrogens is 270 g/mol. The lowest BCUT2D eigenvalue weighted by Gasteiger charge is -2.33. The van der Waals surface area contributed by atoms with Crippen LogP contribution < -0.4 is 4.74 Å². The summed E-state index contributed by atoms with van der Waals surface area (Å²) < 4.78 is 5.81. The van der Waals surface area contributed by atoms with E-state index < -0.39 is 0 Å². The molecule has 2 unspecified atom stereocenters. The van der Waals surface area contributed by atoms with Crippen molar-refractivity contribution >= 4 is 6.08 Å². The maximum atomic E-state index is 5.81. The van der Waals surface area contributed by atoms with Crippen molar-refractivity contribution < 1.29 is 4.74 Å². The normalized spacial score (nSPS) is 13.9. The lowest BCUT2D eigenvalue weighted by molar-refractivity contribution is 0.140. The van der Waals surface area contributed by atoms with Crippen LogP contribution in [-0.2, 0) is 0 Å². The predicted molar refractivity (Wildman–Crippen MR) is 97.5 cm³/mol. The molecule has 0 aliphatic carbocycles. The van der Waals surface area contributed by atoms with E-state index in [1.165, 1.54) is 25.8 Å². The Balaban J connectivity index is 2.28. The molecule has 0 heterocycles. The third-order valence-corrected chi connectivity index (χ3v) is 4.51. The highest BCUT2D eigenvalue weighted by atomic mass is 16.5. The van der Waals surface area contributed by atoms with Crippen LogP contribution in [0, 0.1) is 0 Å². The van der Waals surface area contributed by atoms with Crippen LogP contribution >= 0.6 is 0 Å². The largest absolute Gasteiger partial charge is 0.494 e. The minimum atomic E-state index is 0.669. The summed E-state index contributed by atoms with van der Waals surface area (Å²) in [5.41, 5.74) is 1.13. The summed E-state index contributed by atoms with van der Waals surface area (Å²) in [7, 11) is 0. The maximum Gasteiger partial charge on any atom is 0.119 e. The summed E-state index contributed by atoms with van der Waals surface area (Å²) in [5, 5.41) is 0. The Labute approximate surface area is 137 Å². The van der Waals surface area contributed by atoms with E-state index >= 15 is 0 Å². The van der Waals surface area contributed by atoms with Gasteiger partial charge in [0.15, 0.2) is 0 Å². The molecule has 2 nitrogen and oxygen atoms in total. The van der Waals surface area contributed by atoms with Crippen LogP contribution in [0.4, 0.5) is 0 Å². The molecule has 0 bridgehead atoms. The van der Waals surface area contributed by atoms with Gasteiger partial charge in [0.1, 0.15) is 5.75 Å². The Hall–Kier alpha value is -1.28. The van der Waals surface area contributed by atoms with E-state index in [1.54, 1.807) is 0 Å². The zero-order chi connectivity index (χ0) is 16.4. The quantitative estimate of drug-likeness (QED) is 0.508. The summed E-state index contributed by atoms with van der Waals surface area (Å²) in [4.78, 5) is 2.64. The van der Waals surface area contributed by atoms with E-state index in [0.29, 0.717) is 12.1 Å². The van der Waals surface area contributed by atoms with Crippen molar-refractivity contribution in [3.63, 3.8) is 0 Å². The molecule has 22 heavy (non-hydrogen) atoms. The summed E-state index contributed by atoms with van der Waals surface area (Å²) in [6.45, 7) is 14.9. The van der Waals surface area contributed by atoms with Crippen LogP contribution in [0.2, 0.25) is 0 Å². The van der Waals surface area contributed by atoms with E-state index in [9.17, 15) is 0 Å². The molecule has 0 radical (unpaired) electrons. The Bertz CT molecular complexity index is 402. The highest BCUT2D eigenvalue weighted by molar-refractivity contribution is 5.48. The van der Waals surface area contributed by atoms with Gasteiger partial charge in [0.05, 0.1) is 6.61 Å². The molecule has 0 aliphatic rings. The highest BCUT2D eigenvalue weighted by Gasteiger charge is 2.16. The second kappa shape index (κ2) is 10.4. The Morgan fingerprint density at radius 3 is 2.14 bits per heavy atom. The van der Waals surface area contributed by atoms with Crippen LogP contribution in [0.25, 0.3) is 6.08 Å². The molecule has 1 aromatic rings. The number of hydrogen-bond acceptors (Lipinski definition) is 2. The van der Waals surface area contributed by atoms with Crippen molar-refractivity contribution in [2.24, 2.45) is 0 Å². The molecule has 0 N–H and O–H groups in total. The van der Waals surface area contributed by atoms with E-state index in [4.69, 9.17) is 4.74 Å². The number of unbranched alkanes of at least 4 members (excludes halogenated alkanes) is 1. The Morgan fingerprint density at radius 2 is 1.64 bits per heavy atom. The third kappa shape index (κ3) is 6.23. The molecule has 0 amide bonds. The van der Waals surface area contributed by atoms with Crippen LogP contribution in [0.5, 0.6) is 5.75 Å². The Kier molecular flexibility index (Phi) is 8.91. The molecule has 0 fully saturated rings. The fraction of sp³-hybridized carbons (Fsp3) is 0.600. The van der Waals surface area contributed by atoms with Crippen LogP contribution in [0.3, 0.4) is 0 Å². The topological polar surface area (TPSA) is 12.5 Å². The molecule has 0 saturated heterocycles. The average molecular weight is 303 g/mol. The number of nitrogens with zero attached hydrogens (tertiary/aromatic N) is 1. The van der Waals surface area contributed by atoms with Gasteiger partial charge in [0.25, 0.3) is 0 Å². The van der Waals surface area contributed by atoms with E-state index in [2.05, 4.69) is 39.2 Å². The molecule has 2 heteroatoms. The van der Waals surface area contributed by atoms with Gasteiger partial charge in [-0.1, -0.05) is 38.6 Å². The fourth-order valence-corrected chi connectivity index (χ4v) is 2.63. The Morgan fingerprint density at radius 1 is 1.05 bits per heavy atom. The van der Waals surface area contributed by atoms with Crippen molar-refractivity contribution in [2.45, 2.75) is 65.5 Å². The van der Waals surface area contributed by atoms with Gasteiger partial charge in [-0.25, -0.2) is 0 Å². The fourth-order valence-electron chi connectivity index (χ4n) is 2.63. The summed E-state index contributed by atoms with van der Waals surface area (Å²) >= 11 is 0. The molecule has 124 valence electrons. The second-order valence-electron chi connectivity index (χ2n) is 6.08. The predicted octanol–water partition coefficient (Wildman–Crippen LogP) is 5.39. The first-order chi connectivity index (χ1) is 10.6. The molecule has 1 rings (SSSR count). The van der Waals surface area contributed by atoms with E-state index in [1.807, 2.05) is 30.3 Å². The average Bonchev–Trinajstić information content (AvgIpc) is 2.57. The van der Waals surface area contributed by atoms with Crippen molar-refractivity contribution in [1.82, 2.24) is 4.90 Å². The monoisotopic (exact) mass is 303 g/mol. The third-order valence-electron chi connectivity index (χ3n) is 4.51. The summed E-state index contributed by atoms with van der Waals surface area (Å²) in [6, 6.07) is 9.44. The molecule has 0 aliphatic heterocycles. The minimum absolute atomic E-state index is 0.669. The van der Waals surface area contributed by atoms with Gasteiger partial charge in [-0.3, -0.25) is 4.90 Å². The van der Waals surface area contributed by atoms with Gasteiger partial charge < -0.3 is 4.74 Å². The number of rotatable bonds is 11. The molecule has 1 aromatic carbocycles.